The molecule has 1 aromatic carbocycles. The molecule has 0 bridgehead atoms. The van der Waals surface area contributed by atoms with E-state index in [-0.39, 0.29) is 11.3 Å². The van der Waals surface area contributed by atoms with E-state index < -0.39 is 5.97 Å². The Bertz CT molecular complexity index is 571. The average Bonchev–Trinajstić information content (AvgIpc) is 2.65. The quantitative estimate of drug-likeness (QED) is 0.641. The number of fused-ring (bicyclic) bond motifs is 1. The molecular weight excluding hydrogens is 228 g/mol. The van der Waals surface area contributed by atoms with Crippen LogP contribution in [0.4, 0.5) is 0 Å². The van der Waals surface area contributed by atoms with Crippen LogP contribution in [0.5, 0.6) is 5.75 Å². The number of aldehydes is 1. The van der Waals surface area contributed by atoms with Gasteiger partial charge >= 0.3 is 5.97 Å². The Balaban J connectivity index is 2.80. The number of aromatic hydroxyl groups is 1. The molecule has 1 heterocycles. The van der Waals surface area contributed by atoms with Crippen LogP contribution in [-0.4, -0.2) is 24.5 Å². The molecule has 1 aromatic heterocycles. The summed E-state index contributed by atoms with van der Waals surface area (Å²) in [5.41, 5.74) is 0.216. The summed E-state index contributed by atoms with van der Waals surface area (Å²) in [7, 11) is 1.25. The van der Waals surface area contributed by atoms with Crippen LogP contribution in [0.3, 0.4) is 0 Å². The van der Waals surface area contributed by atoms with E-state index in [1.54, 1.807) is 6.07 Å². The highest BCUT2D eigenvalue weighted by Crippen LogP contribution is 2.33. The highest BCUT2D eigenvalue weighted by Gasteiger charge is 2.19. The van der Waals surface area contributed by atoms with Gasteiger partial charge in [0.25, 0.3) is 0 Å². The van der Waals surface area contributed by atoms with Gasteiger partial charge in [0.05, 0.1) is 17.6 Å². The minimum absolute atomic E-state index is 0.0490. The normalized spacial score (nSPS) is 10.3. The molecule has 1 N–H and O–H groups in total. The molecule has 0 spiro atoms. The number of ether oxygens (including phenoxy) is 1. The van der Waals surface area contributed by atoms with Crippen LogP contribution in [0.25, 0.3) is 10.1 Å². The van der Waals surface area contributed by atoms with Crippen LogP contribution in [0.15, 0.2) is 18.2 Å². The van der Waals surface area contributed by atoms with Gasteiger partial charge in [-0.2, -0.15) is 0 Å². The fraction of sp³-hybridized carbons (Fsp3) is 0.0909. The zero-order valence-electron chi connectivity index (χ0n) is 8.39. The summed E-state index contributed by atoms with van der Waals surface area (Å²) in [5.74, 6) is -0.521. The third-order valence-corrected chi connectivity index (χ3v) is 3.29. The molecule has 0 saturated carbocycles. The van der Waals surface area contributed by atoms with Gasteiger partial charge in [-0.15, -0.1) is 11.3 Å². The van der Waals surface area contributed by atoms with Crippen molar-refractivity contribution < 1.29 is 19.4 Å². The van der Waals surface area contributed by atoms with Crippen molar-refractivity contribution in [2.45, 2.75) is 0 Å². The number of benzene rings is 1. The number of methoxy groups -OCH3 is 1. The van der Waals surface area contributed by atoms with Crippen LogP contribution in [0.1, 0.15) is 20.0 Å². The van der Waals surface area contributed by atoms with Crippen molar-refractivity contribution in [3.05, 3.63) is 28.6 Å². The maximum atomic E-state index is 11.5. The van der Waals surface area contributed by atoms with Gasteiger partial charge in [0.1, 0.15) is 5.75 Å². The number of hydrogen-bond donors (Lipinski definition) is 1. The first-order chi connectivity index (χ1) is 7.67. The van der Waals surface area contributed by atoms with E-state index in [2.05, 4.69) is 4.74 Å². The molecule has 0 aliphatic rings. The molecule has 16 heavy (non-hydrogen) atoms. The lowest BCUT2D eigenvalue weighted by atomic mass is 10.1. The lowest BCUT2D eigenvalue weighted by Crippen LogP contribution is -2.02. The zero-order valence-corrected chi connectivity index (χ0v) is 9.21. The van der Waals surface area contributed by atoms with E-state index in [9.17, 15) is 14.7 Å². The van der Waals surface area contributed by atoms with Crippen LogP contribution >= 0.6 is 11.3 Å². The van der Waals surface area contributed by atoms with Gasteiger partial charge in [-0.05, 0) is 18.2 Å². The summed E-state index contributed by atoms with van der Waals surface area (Å²) < 4.78 is 5.38. The zero-order chi connectivity index (χ0) is 11.7. The molecule has 0 radical (unpaired) electrons. The fourth-order valence-electron chi connectivity index (χ4n) is 1.50. The standard InChI is InChI=1S/C11H8O4S/c1-15-11(14)10-7-4-6(13)2-3-8(7)16-9(10)5-12/h2-5,13H,1H3. The molecule has 0 saturated heterocycles. The average molecular weight is 236 g/mol. The Hall–Kier alpha value is -1.88. The molecule has 2 aromatic rings. The van der Waals surface area contributed by atoms with Crippen molar-refractivity contribution in [3.63, 3.8) is 0 Å². The molecular formula is C11H8O4S. The summed E-state index contributed by atoms with van der Waals surface area (Å²) in [6, 6.07) is 4.62. The van der Waals surface area contributed by atoms with E-state index in [0.29, 0.717) is 16.5 Å². The molecule has 0 aliphatic heterocycles. The third-order valence-electron chi connectivity index (χ3n) is 2.20. The first kappa shape index (κ1) is 10.6. The number of carbonyl (C=O) groups excluding carboxylic acids is 2. The van der Waals surface area contributed by atoms with Gasteiger partial charge in [0, 0.05) is 10.1 Å². The monoisotopic (exact) mass is 236 g/mol. The van der Waals surface area contributed by atoms with E-state index >= 15 is 0 Å². The van der Waals surface area contributed by atoms with Gasteiger partial charge in [0.2, 0.25) is 0 Å². The Kier molecular flexibility index (Phi) is 2.62. The van der Waals surface area contributed by atoms with E-state index in [1.165, 1.54) is 30.6 Å². The summed E-state index contributed by atoms with van der Waals surface area (Å²) in [5, 5.41) is 9.90. The first-order valence-corrected chi connectivity index (χ1v) is 5.28. The number of phenols is 1. The molecule has 0 aliphatic carbocycles. The summed E-state index contributed by atoms with van der Waals surface area (Å²) in [4.78, 5) is 22.7. The van der Waals surface area contributed by atoms with E-state index in [1.807, 2.05) is 0 Å². The predicted octanol–water partition coefficient (Wildman–Crippen LogP) is 2.21. The van der Waals surface area contributed by atoms with Crippen LogP contribution in [-0.2, 0) is 4.74 Å². The summed E-state index contributed by atoms with van der Waals surface area (Å²) >= 11 is 1.20. The second kappa shape index (κ2) is 3.94. The van der Waals surface area contributed by atoms with Gasteiger partial charge in [-0.25, -0.2) is 4.79 Å². The number of carbonyl (C=O) groups is 2. The maximum absolute atomic E-state index is 11.5. The highest BCUT2D eigenvalue weighted by atomic mass is 32.1. The predicted molar refractivity (Wildman–Crippen MR) is 60.2 cm³/mol. The molecule has 4 nitrogen and oxygen atoms in total. The second-order valence-electron chi connectivity index (χ2n) is 3.13. The topological polar surface area (TPSA) is 63.6 Å². The van der Waals surface area contributed by atoms with Gasteiger partial charge in [-0.1, -0.05) is 0 Å². The Labute approximate surface area is 95.1 Å². The summed E-state index contributed by atoms with van der Waals surface area (Å²) in [6.07, 6.45) is 0.619. The molecule has 0 atom stereocenters. The second-order valence-corrected chi connectivity index (χ2v) is 4.21. The number of esters is 1. The van der Waals surface area contributed by atoms with Crippen molar-refractivity contribution in [1.29, 1.82) is 0 Å². The third kappa shape index (κ3) is 1.55. The van der Waals surface area contributed by atoms with Crippen molar-refractivity contribution in [3.8, 4) is 5.75 Å². The minimum Gasteiger partial charge on any atom is -0.508 e. The van der Waals surface area contributed by atoms with Gasteiger partial charge in [-0.3, -0.25) is 4.79 Å². The molecule has 82 valence electrons. The van der Waals surface area contributed by atoms with Gasteiger partial charge < -0.3 is 9.84 Å². The Morgan fingerprint density at radius 3 is 2.88 bits per heavy atom. The SMILES string of the molecule is COC(=O)c1c(C=O)sc2ccc(O)cc12. The van der Waals surface area contributed by atoms with Crippen LogP contribution < -0.4 is 0 Å². The molecule has 0 amide bonds. The Morgan fingerprint density at radius 2 is 2.25 bits per heavy atom. The van der Waals surface area contributed by atoms with E-state index in [4.69, 9.17) is 0 Å². The molecule has 0 unspecified atom stereocenters. The number of phenolic OH excluding ortho intramolecular Hbond substituents is 1. The number of rotatable bonds is 2. The molecule has 0 fully saturated rings. The minimum atomic E-state index is -0.570. The molecule has 5 heteroatoms. The number of hydrogen-bond acceptors (Lipinski definition) is 5. The lowest BCUT2D eigenvalue weighted by molar-refractivity contribution is 0.0601. The van der Waals surface area contributed by atoms with Crippen molar-refractivity contribution in [1.82, 2.24) is 0 Å². The van der Waals surface area contributed by atoms with Crippen LogP contribution in [0.2, 0.25) is 0 Å². The highest BCUT2D eigenvalue weighted by molar-refractivity contribution is 7.21. The van der Waals surface area contributed by atoms with Crippen LogP contribution in [0, 0.1) is 0 Å². The van der Waals surface area contributed by atoms with Crippen molar-refractivity contribution in [2.75, 3.05) is 7.11 Å². The Morgan fingerprint density at radius 1 is 1.50 bits per heavy atom. The largest absolute Gasteiger partial charge is 0.508 e. The first-order valence-electron chi connectivity index (χ1n) is 4.46. The maximum Gasteiger partial charge on any atom is 0.340 e. The summed E-state index contributed by atoms with van der Waals surface area (Å²) in [6.45, 7) is 0. The van der Waals surface area contributed by atoms with Crippen molar-refractivity contribution >= 4 is 33.7 Å². The fourth-order valence-corrected chi connectivity index (χ4v) is 2.49. The lowest BCUT2D eigenvalue weighted by Gasteiger charge is -1.98. The van der Waals surface area contributed by atoms with Gasteiger partial charge in [0.15, 0.2) is 6.29 Å². The number of thiophene rings is 1. The van der Waals surface area contributed by atoms with E-state index in [0.717, 1.165) is 4.70 Å². The van der Waals surface area contributed by atoms with Crippen molar-refractivity contribution in [2.24, 2.45) is 0 Å². The smallest absolute Gasteiger partial charge is 0.340 e. The molecule has 2 rings (SSSR count).